The molecular formula is C13H23N5O. The molecule has 0 amide bonds. The third kappa shape index (κ3) is 4.65. The molecule has 0 bridgehead atoms. The Labute approximate surface area is 114 Å². The summed E-state index contributed by atoms with van der Waals surface area (Å²) >= 11 is 0. The molecule has 0 radical (unpaired) electrons. The Bertz CT molecular complexity index is 387. The molecule has 106 valence electrons. The lowest BCUT2D eigenvalue weighted by Gasteiger charge is -2.30. The van der Waals surface area contributed by atoms with Gasteiger partial charge in [0.1, 0.15) is 5.82 Å². The predicted octanol–water partition coefficient (Wildman–Crippen LogP) is 1.04. The van der Waals surface area contributed by atoms with Gasteiger partial charge in [0.25, 0.3) is 0 Å². The quantitative estimate of drug-likeness (QED) is 0.801. The zero-order chi connectivity index (χ0) is 13.5. The molecule has 1 aliphatic rings. The van der Waals surface area contributed by atoms with Crippen LogP contribution in [0.15, 0.2) is 12.3 Å². The molecule has 2 heterocycles. The van der Waals surface area contributed by atoms with Crippen LogP contribution in [-0.4, -0.2) is 60.8 Å². The summed E-state index contributed by atoms with van der Waals surface area (Å²) in [5, 5.41) is 6.49. The SMILES string of the molecule is CCCNc1nccc(NCC2CN(C)CCO2)n1. The van der Waals surface area contributed by atoms with Crippen LogP contribution in [0.1, 0.15) is 13.3 Å². The van der Waals surface area contributed by atoms with E-state index in [-0.39, 0.29) is 6.10 Å². The van der Waals surface area contributed by atoms with Crippen LogP contribution in [0.5, 0.6) is 0 Å². The smallest absolute Gasteiger partial charge is 0.224 e. The van der Waals surface area contributed by atoms with Crippen LogP contribution in [0.2, 0.25) is 0 Å². The topological polar surface area (TPSA) is 62.3 Å². The second kappa shape index (κ2) is 7.25. The molecule has 1 fully saturated rings. The number of rotatable bonds is 6. The highest BCUT2D eigenvalue weighted by atomic mass is 16.5. The Kier molecular flexibility index (Phi) is 5.35. The van der Waals surface area contributed by atoms with Crippen molar-refractivity contribution in [3.05, 3.63) is 12.3 Å². The summed E-state index contributed by atoms with van der Waals surface area (Å²) < 4.78 is 5.70. The number of nitrogens with one attached hydrogen (secondary N) is 2. The van der Waals surface area contributed by atoms with Gasteiger partial charge in [0.2, 0.25) is 5.95 Å². The Morgan fingerprint density at radius 2 is 2.37 bits per heavy atom. The molecule has 1 aromatic rings. The Morgan fingerprint density at radius 3 is 3.16 bits per heavy atom. The van der Waals surface area contributed by atoms with E-state index in [2.05, 4.69) is 39.5 Å². The third-order valence-electron chi connectivity index (χ3n) is 3.04. The fourth-order valence-electron chi connectivity index (χ4n) is 1.99. The largest absolute Gasteiger partial charge is 0.374 e. The molecular weight excluding hydrogens is 242 g/mol. The van der Waals surface area contributed by atoms with E-state index in [1.165, 1.54) is 0 Å². The first-order valence-corrected chi connectivity index (χ1v) is 6.89. The zero-order valence-electron chi connectivity index (χ0n) is 11.7. The van der Waals surface area contributed by atoms with Gasteiger partial charge in [0.05, 0.1) is 12.7 Å². The van der Waals surface area contributed by atoms with Gasteiger partial charge in [-0.2, -0.15) is 4.98 Å². The summed E-state index contributed by atoms with van der Waals surface area (Å²) in [6, 6.07) is 1.88. The number of ether oxygens (including phenoxy) is 1. The van der Waals surface area contributed by atoms with Gasteiger partial charge in [-0.1, -0.05) is 6.92 Å². The van der Waals surface area contributed by atoms with Crippen LogP contribution in [-0.2, 0) is 4.74 Å². The van der Waals surface area contributed by atoms with Crippen molar-refractivity contribution in [3.63, 3.8) is 0 Å². The molecule has 1 aromatic heterocycles. The number of anilines is 2. The van der Waals surface area contributed by atoms with Crippen LogP contribution in [0.3, 0.4) is 0 Å². The van der Waals surface area contributed by atoms with Crippen molar-refractivity contribution in [2.24, 2.45) is 0 Å². The molecule has 1 aliphatic heterocycles. The third-order valence-corrected chi connectivity index (χ3v) is 3.04. The molecule has 6 nitrogen and oxygen atoms in total. The van der Waals surface area contributed by atoms with E-state index in [1.807, 2.05) is 6.07 Å². The maximum absolute atomic E-state index is 5.70. The molecule has 19 heavy (non-hydrogen) atoms. The minimum atomic E-state index is 0.223. The van der Waals surface area contributed by atoms with Gasteiger partial charge in [-0.15, -0.1) is 0 Å². The van der Waals surface area contributed by atoms with Gasteiger partial charge in [0.15, 0.2) is 0 Å². The van der Waals surface area contributed by atoms with Gasteiger partial charge in [-0.25, -0.2) is 4.98 Å². The van der Waals surface area contributed by atoms with E-state index in [0.29, 0.717) is 5.95 Å². The lowest BCUT2D eigenvalue weighted by atomic mass is 10.3. The standard InChI is InChI=1S/C13H23N5O/c1-3-5-14-13-15-6-4-12(17-13)16-9-11-10-18(2)7-8-19-11/h4,6,11H,3,5,7-10H2,1-2H3,(H2,14,15,16,17). The number of hydrogen-bond donors (Lipinski definition) is 2. The van der Waals surface area contributed by atoms with E-state index in [1.54, 1.807) is 6.20 Å². The minimum absolute atomic E-state index is 0.223. The Morgan fingerprint density at radius 1 is 1.47 bits per heavy atom. The highest BCUT2D eigenvalue weighted by Gasteiger charge is 2.17. The fourth-order valence-corrected chi connectivity index (χ4v) is 1.99. The van der Waals surface area contributed by atoms with Crippen LogP contribution >= 0.6 is 0 Å². The molecule has 0 aromatic carbocycles. The molecule has 1 atom stereocenters. The molecule has 0 saturated carbocycles. The fraction of sp³-hybridized carbons (Fsp3) is 0.692. The first-order valence-electron chi connectivity index (χ1n) is 6.89. The van der Waals surface area contributed by atoms with Crippen molar-refractivity contribution in [1.82, 2.24) is 14.9 Å². The van der Waals surface area contributed by atoms with Gasteiger partial charge in [-0.05, 0) is 19.5 Å². The minimum Gasteiger partial charge on any atom is -0.374 e. The number of aromatic nitrogens is 2. The highest BCUT2D eigenvalue weighted by molar-refractivity contribution is 5.39. The second-order valence-corrected chi connectivity index (χ2v) is 4.83. The van der Waals surface area contributed by atoms with Gasteiger partial charge < -0.3 is 20.3 Å². The Hall–Kier alpha value is -1.40. The number of likely N-dealkylation sites (N-methyl/N-ethyl adjacent to an activating group) is 1. The van der Waals surface area contributed by atoms with E-state index in [4.69, 9.17) is 4.74 Å². The van der Waals surface area contributed by atoms with Crippen molar-refractivity contribution in [2.45, 2.75) is 19.4 Å². The molecule has 2 rings (SSSR count). The van der Waals surface area contributed by atoms with E-state index < -0.39 is 0 Å². The number of morpholine rings is 1. The second-order valence-electron chi connectivity index (χ2n) is 4.83. The maximum Gasteiger partial charge on any atom is 0.224 e. The van der Waals surface area contributed by atoms with Crippen LogP contribution < -0.4 is 10.6 Å². The molecule has 1 unspecified atom stereocenters. The van der Waals surface area contributed by atoms with Crippen LogP contribution in [0.25, 0.3) is 0 Å². The van der Waals surface area contributed by atoms with Crippen molar-refractivity contribution in [1.29, 1.82) is 0 Å². The molecule has 6 heteroatoms. The molecule has 1 saturated heterocycles. The van der Waals surface area contributed by atoms with Crippen molar-refractivity contribution in [2.75, 3.05) is 50.5 Å². The highest BCUT2D eigenvalue weighted by Crippen LogP contribution is 2.08. The van der Waals surface area contributed by atoms with Crippen LogP contribution in [0.4, 0.5) is 11.8 Å². The summed E-state index contributed by atoms with van der Waals surface area (Å²) in [5.41, 5.74) is 0. The van der Waals surface area contributed by atoms with Gasteiger partial charge in [-0.3, -0.25) is 0 Å². The zero-order valence-corrected chi connectivity index (χ0v) is 11.7. The lowest BCUT2D eigenvalue weighted by molar-refractivity contribution is -0.0117. The van der Waals surface area contributed by atoms with Crippen molar-refractivity contribution in [3.8, 4) is 0 Å². The Balaban J connectivity index is 1.81. The number of hydrogen-bond acceptors (Lipinski definition) is 6. The number of nitrogens with zero attached hydrogens (tertiary/aromatic N) is 3. The summed E-state index contributed by atoms with van der Waals surface area (Å²) in [4.78, 5) is 10.9. The van der Waals surface area contributed by atoms with Gasteiger partial charge in [0, 0.05) is 32.4 Å². The molecule has 0 spiro atoms. The maximum atomic E-state index is 5.70. The van der Waals surface area contributed by atoms with Gasteiger partial charge >= 0.3 is 0 Å². The average Bonchev–Trinajstić information content (AvgIpc) is 2.43. The monoisotopic (exact) mass is 265 g/mol. The lowest BCUT2D eigenvalue weighted by Crippen LogP contribution is -2.43. The molecule has 0 aliphatic carbocycles. The summed E-state index contributed by atoms with van der Waals surface area (Å²) in [6.07, 6.45) is 3.05. The first-order chi connectivity index (χ1) is 9.28. The van der Waals surface area contributed by atoms with Crippen molar-refractivity contribution < 1.29 is 4.74 Å². The van der Waals surface area contributed by atoms with E-state index >= 15 is 0 Å². The predicted molar refractivity (Wildman–Crippen MR) is 76.5 cm³/mol. The molecule has 2 N–H and O–H groups in total. The first kappa shape index (κ1) is 14.0. The summed E-state index contributed by atoms with van der Waals surface area (Å²) in [5.74, 6) is 1.51. The van der Waals surface area contributed by atoms with E-state index in [9.17, 15) is 0 Å². The normalized spacial score (nSPS) is 20.2. The van der Waals surface area contributed by atoms with Crippen LogP contribution in [0, 0.1) is 0 Å². The van der Waals surface area contributed by atoms with E-state index in [0.717, 1.165) is 45.0 Å². The van der Waals surface area contributed by atoms with Crippen molar-refractivity contribution >= 4 is 11.8 Å². The average molecular weight is 265 g/mol. The summed E-state index contributed by atoms with van der Waals surface area (Å²) in [6.45, 7) is 6.55. The summed E-state index contributed by atoms with van der Waals surface area (Å²) in [7, 11) is 2.12.